The number of anilines is 1. The molecule has 5 heteroatoms. The number of thioether (sulfide) groups is 1. The van der Waals surface area contributed by atoms with Crippen LogP contribution < -0.4 is 11.1 Å². The molecule has 0 aliphatic heterocycles. The highest BCUT2D eigenvalue weighted by Crippen LogP contribution is 2.13. The number of carbonyl (C=O) groups excluding carboxylic acids is 1. The van der Waals surface area contributed by atoms with Gasteiger partial charge in [0, 0.05) is 17.5 Å². The third kappa shape index (κ3) is 3.41. The lowest BCUT2D eigenvalue weighted by molar-refractivity contribution is 0.0944. The van der Waals surface area contributed by atoms with Crippen LogP contribution in [0.5, 0.6) is 0 Å². The normalized spacial score (nSPS) is 12.2. The molecular weight excluding hydrogens is 227 g/mol. The first-order chi connectivity index (χ1) is 7.54. The topological polar surface area (TPSA) is 55.1 Å². The maximum absolute atomic E-state index is 12.8. The minimum atomic E-state index is -0.439. The molecule has 0 bridgehead atoms. The average molecular weight is 242 g/mol. The summed E-state index contributed by atoms with van der Waals surface area (Å²) in [5.41, 5.74) is 6.04. The first-order valence-electron chi connectivity index (χ1n) is 4.89. The van der Waals surface area contributed by atoms with Crippen LogP contribution in [0, 0.1) is 5.82 Å². The molecule has 16 heavy (non-hydrogen) atoms. The molecule has 0 aromatic heterocycles. The van der Waals surface area contributed by atoms with Gasteiger partial charge in [0.05, 0.1) is 5.56 Å². The van der Waals surface area contributed by atoms with Crippen LogP contribution in [0.15, 0.2) is 18.2 Å². The van der Waals surface area contributed by atoms with Crippen molar-refractivity contribution < 1.29 is 9.18 Å². The maximum atomic E-state index is 12.8. The Balaban J connectivity index is 2.73. The minimum absolute atomic E-state index is 0.0620. The average Bonchev–Trinajstić information content (AvgIpc) is 2.17. The van der Waals surface area contributed by atoms with Gasteiger partial charge in [-0.15, -0.1) is 0 Å². The smallest absolute Gasteiger partial charge is 0.253 e. The van der Waals surface area contributed by atoms with E-state index in [4.69, 9.17) is 5.73 Å². The van der Waals surface area contributed by atoms with Crippen molar-refractivity contribution in [2.24, 2.45) is 0 Å². The maximum Gasteiger partial charge on any atom is 0.253 e. The molecule has 0 fully saturated rings. The molecule has 0 aliphatic carbocycles. The molecule has 0 heterocycles. The molecule has 0 aliphatic rings. The zero-order valence-corrected chi connectivity index (χ0v) is 10.1. The van der Waals surface area contributed by atoms with Gasteiger partial charge in [0.15, 0.2) is 0 Å². The number of carbonyl (C=O) groups is 1. The summed E-state index contributed by atoms with van der Waals surface area (Å²) in [6, 6.07) is 3.83. The molecule has 3 N–H and O–H groups in total. The van der Waals surface area contributed by atoms with E-state index in [1.54, 1.807) is 11.8 Å². The van der Waals surface area contributed by atoms with Crippen LogP contribution in [0.1, 0.15) is 17.3 Å². The Kier molecular flexibility index (Phi) is 4.61. The minimum Gasteiger partial charge on any atom is -0.398 e. The summed E-state index contributed by atoms with van der Waals surface area (Å²) >= 11 is 1.65. The van der Waals surface area contributed by atoms with Gasteiger partial charge < -0.3 is 11.1 Å². The number of nitrogens with one attached hydrogen (secondary N) is 1. The zero-order valence-electron chi connectivity index (χ0n) is 9.29. The van der Waals surface area contributed by atoms with Gasteiger partial charge in [-0.1, -0.05) is 0 Å². The van der Waals surface area contributed by atoms with Gasteiger partial charge in [-0.2, -0.15) is 11.8 Å². The van der Waals surface area contributed by atoms with E-state index in [1.165, 1.54) is 12.1 Å². The fourth-order valence-corrected chi connectivity index (χ4v) is 1.92. The standard InChI is InChI=1S/C11H15FN2OS/c1-7(6-16-2)14-11(15)9-4-3-8(12)5-10(9)13/h3-5,7H,6,13H2,1-2H3,(H,14,15). The van der Waals surface area contributed by atoms with Gasteiger partial charge in [0.1, 0.15) is 5.82 Å². The summed E-state index contributed by atoms with van der Waals surface area (Å²) < 4.78 is 12.8. The van der Waals surface area contributed by atoms with Gasteiger partial charge in [0.25, 0.3) is 5.91 Å². The van der Waals surface area contributed by atoms with Crippen LogP contribution >= 0.6 is 11.8 Å². The molecule has 1 aromatic carbocycles. The molecule has 1 rings (SSSR count). The van der Waals surface area contributed by atoms with E-state index < -0.39 is 5.82 Å². The summed E-state index contributed by atoms with van der Waals surface area (Å²) in [6.45, 7) is 1.91. The Bertz CT molecular complexity index is 384. The SMILES string of the molecule is CSCC(C)NC(=O)c1ccc(F)cc1N. The summed E-state index contributed by atoms with van der Waals surface area (Å²) in [4.78, 5) is 11.7. The van der Waals surface area contributed by atoms with Crippen molar-refractivity contribution in [3.8, 4) is 0 Å². The van der Waals surface area contributed by atoms with E-state index in [9.17, 15) is 9.18 Å². The van der Waals surface area contributed by atoms with E-state index in [1.807, 2.05) is 13.2 Å². The van der Waals surface area contributed by atoms with Crippen molar-refractivity contribution in [2.75, 3.05) is 17.7 Å². The van der Waals surface area contributed by atoms with Crippen LogP contribution in [0.4, 0.5) is 10.1 Å². The van der Waals surface area contributed by atoms with Gasteiger partial charge >= 0.3 is 0 Å². The van der Waals surface area contributed by atoms with E-state index >= 15 is 0 Å². The van der Waals surface area contributed by atoms with Crippen molar-refractivity contribution in [3.63, 3.8) is 0 Å². The van der Waals surface area contributed by atoms with Crippen molar-refractivity contribution >= 4 is 23.4 Å². The van der Waals surface area contributed by atoms with E-state index in [-0.39, 0.29) is 17.6 Å². The molecule has 0 saturated carbocycles. The molecule has 1 aromatic rings. The summed E-state index contributed by atoms with van der Waals surface area (Å²) in [5.74, 6) is 0.123. The highest BCUT2D eigenvalue weighted by molar-refractivity contribution is 7.98. The molecule has 0 saturated heterocycles. The van der Waals surface area contributed by atoms with E-state index in [0.717, 1.165) is 11.8 Å². The molecule has 1 atom stereocenters. The molecule has 1 unspecified atom stereocenters. The number of nitrogen functional groups attached to an aromatic ring is 1. The first kappa shape index (κ1) is 12.8. The van der Waals surface area contributed by atoms with Gasteiger partial charge in [-0.25, -0.2) is 4.39 Å². The number of amides is 1. The quantitative estimate of drug-likeness (QED) is 0.793. The third-order valence-corrected chi connectivity index (χ3v) is 2.89. The monoisotopic (exact) mass is 242 g/mol. The first-order valence-corrected chi connectivity index (χ1v) is 6.28. The van der Waals surface area contributed by atoms with Crippen LogP contribution in [-0.2, 0) is 0 Å². The van der Waals surface area contributed by atoms with Crippen LogP contribution in [0.25, 0.3) is 0 Å². The second-order valence-corrected chi connectivity index (χ2v) is 4.47. The Morgan fingerprint density at radius 3 is 2.88 bits per heavy atom. The van der Waals surface area contributed by atoms with Crippen LogP contribution in [0.2, 0.25) is 0 Å². The highest BCUT2D eigenvalue weighted by atomic mass is 32.2. The van der Waals surface area contributed by atoms with E-state index in [2.05, 4.69) is 5.32 Å². The Hall–Kier alpha value is -1.23. The number of hydrogen-bond donors (Lipinski definition) is 2. The lowest BCUT2D eigenvalue weighted by Gasteiger charge is -2.13. The summed E-state index contributed by atoms with van der Waals surface area (Å²) in [6.07, 6.45) is 1.97. The van der Waals surface area contributed by atoms with Crippen molar-refractivity contribution in [2.45, 2.75) is 13.0 Å². The van der Waals surface area contributed by atoms with Crippen molar-refractivity contribution in [3.05, 3.63) is 29.6 Å². The molecule has 88 valence electrons. The molecular formula is C11H15FN2OS. The predicted octanol–water partition coefficient (Wildman–Crippen LogP) is 1.89. The van der Waals surface area contributed by atoms with Crippen LogP contribution in [0.3, 0.4) is 0 Å². The highest BCUT2D eigenvalue weighted by Gasteiger charge is 2.12. The van der Waals surface area contributed by atoms with Crippen molar-refractivity contribution in [1.82, 2.24) is 5.32 Å². The van der Waals surface area contributed by atoms with Gasteiger partial charge in [0.2, 0.25) is 0 Å². The largest absolute Gasteiger partial charge is 0.398 e. The van der Waals surface area contributed by atoms with Gasteiger partial charge in [-0.05, 0) is 31.4 Å². The van der Waals surface area contributed by atoms with E-state index in [0.29, 0.717) is 5.56 Å². The predicted molar refractivity (Wildman–Crippen MR) is 66.1 cm³/mol. The summed E-state index contributed by atoms with van der Waals surface area (Å²) in [5, 5.41) is 2.80. The second-order valence-electron chi connectivity index (χ2n) is 3.56. The zero-order chi connectivity index (χ0) is 12.1. The second kappa shape index (κ2) is 5.75. The number of nitrogens with two attached hydrogens (primary N) is 1. The fraction of sp³-hybridized carbons (Fsp3) is 0.364. The van der Waals surface area contributed by atoms with Crippen LogP contribution in [-0.4, -0.2) is 24.0 Å². The number of halogens is 1. The number of hydrogen-bond acceptors (Lipinski definition) is 3. The molecule has 1 amide bonds. The summed E-state index contributed by atoms with van der Waals surface area (Å²) in [7, 11) is 0. The Labute approximate surface area is 98.6 Å². The van der Waals surface area contributed by atoms with Crippen molar-refractivity contribution in [1.29, 1.82) is 0 Å². The molecule has 0 radical (unpaired) electrons. The molecule has 0 spiro atoms. The molecule has 3 nitrogen and oxygen atoms in total. The number of rotatable bonds is 4. The van der Waals surface area contributed by atoms with Gasteiger partial charge in [-0.3, -0.25) is 4.79 Å². The third-order valence-electron chi connectivity index (χ3n) is 2.05. The lowest BCUT2D eigenvalue weighted by Crippen LogP contribution is -2.34. The Morgan fingerprint density at radius 2 is 2.31 bits per heavy atom. The Morgan fingerprint density at radius 1 is 1.62 bits per heavy atom. The fourth-order valence-electron chi connectivity index (χ4n) is 1.33. The number of benzene rings is 1. The lowest BCUT2D eigenvalue weighted by atomic mass is 10.1.